The summed E-state index contributed by atoms with van der Waals surface area (Å²) < 4.78 is 10.3. The van der Waals surface area contributed by atoms with E-state index in [1.165, 1.54) is 38.8 Å². The Kier molecular flexibility index (Phi) is 9.23. The van der Waals surface area contributed by atoms with Crippen molar-refractivity contribution in [1.29, 1.82) is 0 Å². The molecule has 6 nitrogen and oxygen atoms in total. The summed E-state index contributed by atoms with van der Waals surface area (Å²) in [5.74, 6) is 0.766. The van der Waals surface area contributed by atoms with Crippen molar-refractivity contribution >= 4 is 12.4 Å². The SMILES string of the molecule is COc1cccc([O-])c1C=NCCCN=Cc1c([O-])cccc1OC.[Ni+2]. The summed E-state index contributed by atoms with van der Waals surface area (Å²) in [6.07, 6.45) is 3.75. The zero-order valence-electron chi connectivity index (χ0n) is 14.6. The van der Waals surface area contributed by atoms with E-state index < -0.39 is 0 Å². The second kappa shape index (κ2) is 11.2. The van der Waals surface area contributed by atoms with Gasteiger partial charge in [-0.05, 0) is 18.6 Å². The first-order chi connectivity index (χ1) is 12.2. The molecule has 0 heterocycles. The predicted octanol–water partition coefficient (Wildman–Crippen LogP) is 1.78. The Hall–Kier alpha value is -2.53. The third-order valence-corrected chi connectivity index (χ3v) is 3.51. The molecule has 0 aromatic heterocycles. The smallest absolute Gasteiger partial charge is 0.872 e. The van der Waals surface area contributed by atoms with Crippen LogP contribution in [0.15, 0.2) is 46.4 Å². The van der Waals surface area contributed by atoms with Crippen molar-refractivity contribution in [2.24, 2.45) is 9.98 Å². The Morgan fingerprint density at radius 1 is 0.808 bits per heavy atom. The van der Waals surface area contributed by atoms with Gasteiger partial charge in [-0.15, -0.1) is 0 Å². The van der Waals surface area contributed by atoms with E-state index in [1.807, 2.05) is 0 Å². The first-order valence-corrected chi connectivity index (χ1v) is 7.85. The summed E-state index contributed by atoms with van der Waals surface area (Å²) in [4.78, 5) is 8.48. The van der Waals surface area contributed by atoms with E-state index in [1.54, 1.807) is 24.3 Å². The molecule has 0 aliphatic carbocycles. The largest absolute Gasteiger partial charge is 2.00 e. The van der Waals surface area contributed by atoms with Gasteiger partial charge in [0.15, 0.2) is 0 Å². The Labute approximate surface area is 163 Å². The summed E-state index contributed by atoms with van der Waals surface area (Å²) in [6.45, 7) is 1.04. The van der Waals surface area contributed by atoms with Crippen LogP contribution in [0.25, 0.3) is 0 Å². The van der Waals surface area contributed by atoms with Gasteiger partial charge in [0.1, 0.15) is 11.5 Å². The Bertz CT molecular complexity index is 700. The second-order valence-corrected chi connectivity index (χ2v) is 5.17. The normalized spacial score (nSPS) is 10.8. The van der Waals surface area contributed by atoms with Crippen molar-refractivity contribution in [1.82, 2.24) is 0 Å². The van der Waals surface area contributed by atoms with Gasteiger partial charge in [0, 0.05) is 36.6 Å². The van der Waals surface area contributed by atoms with Gasteiger partial charge >= 0.3 is 16.5 Å². The van der Waals surface area contributed by atoms with Crippen LogP contribution in [0.5, 0.6) is 23.0 Å². The topological polar surface area (TPSA) is 89.3 Å². The summed E-state index contributed by atoms with van der Waals surface area (Å²) in [6, 6.07) is 9.69. The molecule has 0 fully saturated rings. The maximum Gasteiger partial charge on any atom is 2.00 e. The molecule has 26 heavy (non-hydrogen) atoms. The number of hydrogen-bond donors (Lipinski definition) is 0. The van der Waals surface area contributed by atoms with Gasteiger partial charge in [-0.2, -0.15) is 0 Å². The van der Waals surface area contributed by atoms with E-state index in [0.29, 0.717) is 42.1 Å². The van der Waals surface area contributed by atoms with Crippen LogP contribution in [0.1, 0.15) is 17.5 Å². The standard InChI is InChI=1S/C19H22N2O4.Ni/c1-24-18-8-3-6-16(22)14(18)12-20-10-5-11-21-13-15-17(23)7-4-9-19(15)25-2;/h3-4,6-9,12-13,22-23H,5,10-11H2,1-2H3;/q;+2/p-2. The number of aliphatic imine (C=N–C) groups is 2. The van der Waals surface area contributed by atoms with Crippen LogP contribution in [-0.4, -0.2) is 39.7 Å². The van der Waals surface area contributed by atoms with E-state index in [-0.39, 0.29) is 28.0 Å². The van der Waals surface area contributed by atoms with Crippen LogP contribution in [-0.2, 0) is 16.5 Å². The van der Waals surface area contributed by atoms with E-state index in [4.69, 9.17) is 9.47 Å². The third kappa shape index (κ3) is 5.78. The maximum atomic E-state index is 11.8. The number of hydrogen-bond acceptors (Lipinski definition) is 6. The molecule has 0 atom stereocenters. The molecule has 0 spiro atoms. The zero-order valence-corrected chi connectivity index (χ0v) is 15.6. The van der Waals surface area contributed by atoms with Gasteiger partial charge in [-0.3, -0.25) is 9.98 Å². The fourth-order valence-corrected chi connectivity index (χ4v) is 2.22. The Morgan fingerprint density at radius 2 is 1.23 bits per heavy atom. The number of nitrogens with zero attached hydrogens (tertiary/aromatic N) is 2. The molecule has 2 aromatic carbocycles. The molecule has 0 radical (unpaired) electrons. The molecule has 0 bridgehead atoms. The average Bonchev–Trinajstić information content (AvgIpc) is 2.62. The molecule has 2 aromatic rings. The van der Waals surface area contributed by atoms with Gasteiger partial charge in [-0.25, -0.2) is 0 Å². The molecule has 140 valence electrons. The fourth-order valence-electron chi connectivity index (χ4n) is 2.22. The average molecular weight is 399 g/mol. The molecule has 7 heteroatoms. The van der Waals surface area contributed by atoms with Gasteiger partial charge < -0.3 is 19.7 Å². The fraction of sp³-hybridized carbons (Fsp3) is 0.263. The van der Waals surface area contributed by atoms with E-state index in [2.05, 4.69) is 9.98 Å². The van der Waals surface area contributed by atoms with E-state index in [9.17, 15) is 10.2 Å². The van der Waals surface area contributed by atoms with Gasteiger partial charge in [-0.1, -0.05) is 35.8 Å². The number of rotatable bonds is 8. The van der Waals surface area contributed by atoms with Crippen molar-refractivity contribution in [2.75, 3.05) is 27.3 Å². The molecule has 2 rings (SSSR count). The molecular formula is C19H20N2NiO4. The number of methoxy groups -OCH3 is 2. The van der Waals surface area contributed by atoms with Crippen molar-refractivity contribution in [3.05, 3.63) is 47.5 Å². The molecule has 0 amide bonds. The van der Waals surface area contributed by atoms with Crippen LogP contribution in [0.2, 0.25) is 0 Å². The Balaban J connectivity index is 0.00000338. The van der Waals surface area contributed by atoms with Gasteiger partial charge in [0.2, 0.25) is 0 Å². The molecule has 0 saturated heterocycles. The van der Waals surface area contributed by atoms with Crippen LogP contribution in [0.3, 0.4) is 0 Å². The van der Waals surface area contributed by atoms with E-state index >= 15 is 0 Å². The van der Waals surface area contributed by atoms with Crippen LogP contribution in [0.4, 0.5) is 0 Å². The summed E-state index contributed by atoms with van der Waals surface area (Å²) in [5, 5.41) is 23.6. The minimum Gasteiger partial charge on any atom is -0.872 e. The second-order valence-electron chi connectivity index (χ2n) is 5.17. The molecule has 0 aliphatic rings. The van der Waals surface area contributed by atoms with Crippen molar-refractivity contribution in [3.63, 3.8) is 0 Å². The zero-order chi connectivity index (χ0) is 18.1. The first-order valence-electron chi connectivity index (χ1n) is 7.85. The summed E-state index contributed by atoms with van der Waals surface area (Å²) in [5.41, 5.74) is 0.886. The van der Waals surface area contributed by atoms with Crippen LogP contribution in [0, 0.1) is 0 Å². The molecular weight excluding hydrogens is 379 g/mol. The van der Waals surface area contributed by atoms with E-state index in [0.717, 1.165) is 0 Å². The maximum absolute atomic E-state index is 11.8. The number of benzene rings is 2. The molecule has 0 saturated carbocycles. The molecule has 0 N–H and O–H groups in total. The summed E-state index contributed by atoms with van der Waals surface area (Å²) >= 11 is 0. The Morgan fingerprint density at radius 3 is 1.62 bits per heavy atom. The van der Waals surface area contributed by atoms with Crippen molar-refractivity contribution in [2.45, 2.75) is 6.42 Å². The minimum absolute atomic E-state index is 0. The minimum atomic E-state index is -0.125. The molecule has 0 unspecified atom stereocenters. The quantitative estimate of drug-likeness (QED) is 0.385. The van der Waals surface area contributed by atoms with Gasteiger partial charge in [0.05, 0.1) is 14.2 Å². The van der Waals surface area contributed by atoms with Crippen molar-refractivity contribution < 1.29 is 36.2 Å². The monoisotopic (exact) mass is 398 g/mol. The first kappa shape index (κ1) is 21.5. The molecule has 0 aliphatic heterocycles. The van der Waals surface area contributed by atoms with Crippen LogP contribution >= 0.6 is 0 Å². The van der Waals surface area contributed by atoms with Crippen molar-refractivity contribution in [3.8, 4) is 23.0 Å². The van der Waals surface area contributed by atoms with Crippen LogP contribution < -0.4 is 19.7 Å². The third-order valence-electron chi connectivity index (χ3n) is 3.51. The number of ether oxygens (including phenoxy) is 2. The summed E-state index contributed by atoms with van der Waals surface area (Å²) in [7, 11) is 3.03. The van der Waals surface area contributed by atoms with Gasteiger partial charge in [0.25, 0.3) is 0 Å². The predicted molar refractivity (Wildman–Crippen MR) is 94.4 cm³/mol.